The summed E-state index contributed by atoms with van der Waals surface area (Å²) in [6.07, 6.45) is 0.252. The minimum absolute atomic E-state index is 0.00246. The van der Waals surface area contributed by atoms with E-state index in [9.17, 15) is 0 Å². The summed E-state index contributed by atoms with van der Waals surface area (Å²) in [7, 11) is 0. The lowest BCUT2D eigenvalue weighted by Gasteiger charge is -2.35. The van der Waals surface area contributed by atoms with E-state index in [1.165, 1.54) is 5.56 Å². The molecule has 5 atom stereocenters. The minimum Gasteiger partial charge on any atom is -0.368 e. The van der Waals surface area contributed by atoms with Crippen LogP contribution in [-0.2, 0) is 20.8 Å². The second-order valence-electron chi connectivity index (χ2n) is 5.96. The predicted molar refractivity (Wildman–Crippen MR) is 72.6 cm³/mol. The molecule has 3 heteroatoms. The number of rotatable bonds is 3. The SMILES string of the molecule is C[C@@H]1[C@H]2O[C@](C)(OC[C@@H]2C)[C@H]1OCc1ccccc1. The van der Waals surface area contributed by atoms with Crippen LogP contribution in [0.15, 0.2) is 30.3 Å². The maximum absolute atomic E-state index is 6.12. The normalized spacial score (nSPS) is 41.4. The van der Waals surface area contributed by atoms with E-state index < -0.39 is 5.79 Å². The largest absolute Gasteiger partial charge is 0.368 e. The Kier molecular flexibility index (Phi) is 3.37. The van der Waals surface area contributed by atoms with Gasteiger partial charge in [-0.05, 0) is 12.5 Å². The van der Waals surface area contributed by atoms with Crippen LogP contribution in [0.1, 0.15) is 26.3 Å². The molecule has 3 nitrogen and oxygen atoms in total. The summed E-state index contributed by atoms with van der Waals surface area (Å²) in [5.41, 5.74) is 1.19. The Morgan fingerprint density at radius 2 is 2.00 bits per heavy atom. The molecule has 0 radical (unpaired) electrons. The maximum Gasteiger partial charge on any atom is 0.192 e. The van der Waals surface area contributed by atoms with Crippen LogP contribution >= 0.6 is 0 Å². The van der Waals surface area contributed by atoms with Gasteiger partial charge in [0, 0.05) is 11.8 Å². The second-order valence-corrected chi connectivity index (χ2v) is 5.96. The van der Waals surface area contributed by atoms with E-state index >= 15 is 0 Å². The number of ether oxygens (including phenoxy) is 3. The van der Waals surface area contributed by atoms with E-state index in [1.54, 1.807) is 0 Å². The molecule has 2 heterocycles. The lowest BCUT2D eigenvalue weighted by atomic mass is 9.92. The third-order valence-corrected chi connectivity index (χ3v) is 4.35. The average Bonchev–Trinajstić information content (AvgIpc) is 2.63. The van der Waals surface area contributed by atoms with Gasteiger partial charge in [0.1, 0.15) is 6.10 Å². The zero-order chi connectivity index (χ0) is 13.5. The Morgan fingerprint density at radius 1 is 1.26 bits per heavy atom. The molecule has 19 heavy (non-hydrogen) atoms. The van der Waals surface area contributed by atoms with Crippen LogP contribution in [0.3, 0.4) is 0 Å². The molecular formula is C16H22O3. The first-order valence-electron chi connectivity index (χ1n) is 7.07. The lowest BCUT2D eigenvalue weighted by molar-refractivity contribution is -0.293. The van der Waals surface area contributed by atoms with Crippen molar-refractivity contribution >= 4 is 0 Å². The van der Waals surface area contributed by atoms with Crippen molar-refractivity contribution in [1.82, 2.24) is 0 Å². The Balaban J connectivity index is 1.70. The molecule has 2 saturated heterocycles. The zero-order valence-corrected chi connectivity index (χ0v) is 11.8. The second kappa shape index (κ2) is 4.89. The fourth-order valence-corrected chi connectivity index (χ4v) is 3.30. The molecule has 2 fully saturated rings. The van der Waals surface area contributed by atoms with Crippen LogP contribution in [0, 0.1) is 11.8 Å². The van der Waals surface area contributed by atoms with Gasteiger partial charge in [0.2, 0.25) is 0 Å². The molecule has 1 aromatic rings. The first-order valence-corrected chi connectivity index (χ1v) is 7.07. The first kappa shape index (κ1) is 13.1. The highest BCUT2D eigenvalue weighted by Gasteiger charge is 2.56. The van der Waals surface area contributed by atoms with Crippen molar-refractivity contribution in [1.29, 1.82) is 0 Å². The summed E-state index contributed by atoms with van der Waals surface area (Å²) < 4.78 is 18.1. The predicted octanol–water partition coefficient (Wildman–Crippen LogP) is 2.99. The van der Waals surface area contributed by atoms with E-state index in [1.807, 2.05) is 25.1 Å². The Hall–Kier alpha value is -0.900. The van der Waals surface area contributed by atoms with Crippen LogP contribution in [0.2, 0.25) is 0 Å². The molecule has 104 valence electrons. The van der Waals surface area contributed by atoms with Crippen LogP contribution in [0.5, 0.6) is 0 Å². The summed E-state index contributed by atoms with van der Waals surface area (Å²) in [6.45, 7) is 7.76. The van der Waals surface area contributed by atoms with Crippen LogP contribution in [0.25, 0.3) is 0 Å². The number of hydrogen-bond donors (Lipinski definition) is 0. The van der Waals surface area contributed by atoms with Crippen molar-refractivity contribution in [2.75, 3.05) is 6.61 Å². The molecule has 2 bridgehead atoms. The van der Waals surface area contributed by atoms with Crippen molar-refractivity contribution in [2.45, 2.75) is 45.4 Å². The molecule has 3 rings (SSSR count). The summed E-state index contributed by atoms with van der Waals surface area (Å²) in [5.74, 6) is 0.227. The minimum atomic E-state index is -0.578. The highest BCUT2D eigenvalue weighted by atomic mass is 16.7. The van der Waals surface area contributed by atoms with Gasteiger partial charge in [0.15, 0.2) is 5.79 Å². The molecule has 0 aromatic heterocycles. The molecule has 2 aliphatic rings. The molecule has 0 unspecified atom stereocenters. The van der Waals surface area contributed by atoms with Gasteiger partial charge in [0.25, 0.3) is 0 Å². The molecular weight excluding hydrogens is 240 g/mol. The number of benzene rings is 1. The average molecular weight is 262 g/mol. The molecule has 2 aliphatic heterocycles. The summed E-state index contributed by atoms with van der Waals surface area (Å²) in [6, 6.07) is 10.2. The van der Waals surface area contributed by atoms with Gasteiger partial charge in [-0.25, -0.2) is 0 Å². The highest BCUT2D eigenvalue weighted by Crippen LogP contribution is 2.45. The standard InChI is InChI=1S/C16H22O3/c1-11-9-18-16(3)15(12(2)14(11)19-16)17-10-13-7-5-4-6-8-13/h4-8,11-12,14-15H,9-10H2,1-3H3/t11-,12+,14-,15-,16-/m0/s1. The van der Waals surface area contributed by atoms with E-state index in [0.717, 1.165) is 6.61 Å². The van der Waals surface area contributed by atoms with Crippen LogP contribution in [0.4, 0.5) is 0 Å². The Labute approximate surface area is 114 Å². The smallest absolute Gasteiger partial charge is 0.192 e. The van der Waals surface area contributed by atoms with Crippen molar-refractivity contribution in [3.8, 4) is 0 Å². The monoisotopic (exact) mass is 262 g/mol. The van der Waals surface area contributed by atoms with Crippen LogP contribution in [-0.4, -0.2) is 24.6 Å². The van der Waals surface area contributed by atoms with Gasteiger partial charge in [-0.3, -0.25) is 0 Å². The summed E-state index contributed by atoms with van der Waals surface area (Å²) >= 11 is 0. The van der Waals surface area contributed by atoms with Gasteiger partial charge in [-0.2, -0.15) is 0 Å². The van der Waals surface area contributed by atoms with E-state index in [4.69, 9.17) is 14.2 Å². The van der Waals surface area contributed by atoms with Crippen molar-refractivity contribution in [2.24, 2.45) is 11.8 Å². The van der Waals surface area contributed by atoms with Crippen molar-refractivity contribution in [3.63, 3.8) is 0 Å². The number of hydrogen-bond acceptors (Lipinski definition) is 3. The first-order chi connectivity index (χ1) is 9.10. The molecule has 0 spiro atoms. The van der Waals surface area contributed by atoms with Crippen LogP contribution < -0.4 is 0 Å². The summed E-state index contributed by atoms with van der Waals surface area (Å²) in [5, 5.41) is 0. The van der Waals surface area contributed by atoms with Crippen molar-refractivity contribution in [3.05, 3.63) is 35.9 Å². The molecule has 0 amide bonds. The van der Waals surface area contributed by atoms with Gasteiger partial charge in [-0.1, -0.05) is 44.2 Å². The van der Waals surface area contributed by atoms with Crippen molar-refractivity contribution < 1.29 is 14.2 Å². The fourth-order valence-electron chi connectivity index (χ4n) is 3.30. The molecule has 1 aromatic carbocycles. The molecule has 0 saturated carbocycles. The maximum atomic E-state index is 6.12. The van der Waals surface area contributed by atoms with E-state index in [-0.39, 0.29) is 12.2 Å². The summed E-state index contributed by atoms with van der Waals surface area (Å²) in [4.78, 5) is 0. The third-order valence-electron chi connectivity index (χ3n) is 4.35. The van der Waals surface area contributed by atoms with Gasteiger partial charge >= 0.3 is 0 Å². The molecule has 0 N–H and O–H groups in total. The van der Waals surface area contributed by atoms with Gasteiger partial charge < -0.3 is 14.2 Å². The van der Waals surface area contributed by atoms with Gasteiger partial charge in [-0.15, -0.1) is 0 Å². The van der Waals surface area contributed by atoms with Gasteiger partial charge in [0.05, 0.1) is 19.3 Å². The van der Waals surface area contributed by atoms with E-state index in [2.05, 4.69) is 26.0 Å². The zero-order valence-electron chi connectivity index (χ0n) is 11.8. The van der Waals surface area contributed by atoms with E-state index in [0.29, 0.717) is 18.4 Å². The topological polar surface area (TPSA) is 27.7 Å². The lowest BCUT2D eigenvalue weighted by Crippen LogP contribution is -2.45. The highest BCUT2D eigenvalue weighted by molar-refractivity contribution is 5.13. The Morgan fingerprint density at radius 3 is 2.68 bits per heavy atom. The third kappa shape index (κ3) is 2.31. The fraction of sp³-hybridized carbons (Fsp3) is 0.625. The Bertz CT molecular complexity index is 433. The number of fused-ring (bicyclic) bond motifs is 2. The quantitative estimate of drug-likeness (QED) is 0.838. The molecule has 0 aliphatic carbocycles.